The Morgan fingerprint density at radius 1 is 1.50 bits per heavy atom. The quantitative estimate of drug-likeness (QED) is 0.282. The van der Waals surface area contributed by atoms with Crippen molar-refractivity contribution in [3.8, 4) is 0 Å². The number of carboxylic acid groups (broad SMARTS) is 1. The third-order valence-corrected chi connectivity index (χ3v) is 1.13. The van der Waals surface area contributed by atoms with Crippen LogP contribution < -0.4 is 40.0 Å². The van der Waals surface area contributed by atoms with Gasteiger partial charge in [-0.2, -0.15) is 0 Å². The van der Waals surface area contributed by atoms with E-state index in [9.17, 15) is 14.7 Å². The average Bonchev–Trinajstić information content (AvgIpc) is 2.01. The van der Waals surface area contributed by atoms with E-state index in [1.807, 2.05) is 0 Å². The molecule has 14 heavy (non-hydrogen) atoms. The van der Waals surface area contributed by atoms with E-state index in [0.29, 0.717) is 12.3 Å². The van der Waals surface area contributed by atoms with E-state index in [4.69, 9.17) is 0 Å². The van der Waals surface area contributed by atoms with Crippen molar-refractivity contribution in [1.82, 2.24) is 5.32 Å². The zero-order valence-corrected chi connectivity index (χ0v) is 10.6. The van der Waals surface area contributed by atoms with Crippen molar-refractivity contribution in [2.24, 2.45) is 0 Å². The van der Waals surface area contributed by atoms with Crippen molar-refractivity contribution in [3.63, 3.8) is 0 Å². The van der Waals surface area contributed by atoms with Gasteiger partial charge in [0.25, 0.3) is 0 Å². The summed E-state index contributed by atoms with van der Waals surface area (Å²) < 4.78 is 4.60. The molecule has 0 radical (unpaired) electrons. The Balaban J connectivity index is 0. The summed E-state index contributed by atoms with van der Waals surface area (Å²) >= 11 is 0. The standard InChI is InChI=1S/C8H13NO4.Na/c1-3-13-8(12)4-6(2)9-5-7(10)11;/h4,9H,3,5H2,1-2H3,(H,10,11);/q;+1/p-1. The van der Waals surface area contributed by atoms with Crippen LogP contribution in [0.5, 0.6) is 0 Å². The molecule has 0 saturated heterocycles. The van der Waals surface area contributed by atoms with Crippen LogP contribution in [0.3, 0.4) is 0 Å². The first-order chi connectivity index (χ1) is 6.06. The van der Waals surface area contributed by atoms with Gasteiger partial charge in [0, 0.05) is 11.8 Å². The molecule has 1 N–H and O–H groups in total. The van der Waals surface area contributed by atoms with Crippen molar-refractivity contribution < 1.29 is 49.0 Å². The summed E-state index contributed by atoms with van der Waals surface area (Å²) in [7, 11) is 0. The van der Waals surface area contributed by atoms with Crippen LogP contribution in [0.2, 0.25) is 0 Å². The van der Waals surface area contributed by atoms with Crippen LogP contribution in [0, 0.1) is 0 Å². The number of carbonyl (C=O) groups is 2. The summed E-state index contributed by atoms with van der Waals surface area (Å²) in [6.07, 6.45) is 1.19. The van der Waals surface area contributed by atoms with Gasteiger partial charge in [-0.3, -0.25) is 0 Å². The first-order valence-corrected chi connectivity index (χ1v) is 3.85. The Morgan fingerprint density at radius 2 is 2.07 bits per heavy atom. The Morgan fingerprint density at radius 3 is 2.50 bits per heavy atom. The number of carbonyl (C=O) groups excluding carboxylic acids is 2. The molecule has 0 rings (SSSR count). The summed E-state index contributed by atoms with van der Waals surface area (Å²) in [6, 6.07) is 0. The molecule has 0 spiro atoms. The molecule has 0 aromatic rings. The Hall–Kier alpha value is -0.520. The van der Waals surface area contributed by atoms with Crippen LogP contribution in [0.4, 0.5) is 0 Å². The van der Waals surface area contributed by atoms with Gasteiger partial charge in [-0.15, -0.1) is 0 Å². The number of aliphatic carboxylic acids is 1. The number of hydrogen-bond acceptors (Lipinski definition) is 5. The smallest absolute Gasteiger partial charge is 0.548 e. The van der Waals surface area contributed by atoms with Gasteiger partial charge in [-0.1, -0.05) is 0 Å². The monoisotopic (exact) mass is 209 g/mol. The molecular weight excluding hydrogens is 197 g/mol. The van der Waals surface area contributed by atoms with Crippen molar-refractivity contribution in [3.05, 3.63) is 11.8 Å². The molecule has 5 nitrogen and oxygen atoms in total. The molecule has 0 aromatic carbocycles. The molecule has 0 aromatic heterocycles. The second-order valence-electron chi connectivity index (χ2n) is 2.30. The summed E-state index contributed by atoms with van der Waals surface area (Å²) in [5, 5.41) is 12.5. The molecule has 0 unspecified atom stereocenters. The molecule has 74 valence electrons. The number of carboxylic acids is 1. The maximum absolute atomic E-state index is 10.8. The van der Waals surface area contributed by atoms with Gasteiger partial charge in [0.15, 0.2) is 0 Å². The largest absolute Gasteiger partial charge is 1.00 e. The predicted molar refractivity (Wildman–Crippen MR) is 43.4 cm³/mol. The van der Waals surface area contributed by atoms with Crippen LogP contribution in [-0.4, -0.2) is 25.1 Å². The van der Waals surface area contributed by atoms with Gasteiger partial charge in [-0.25, -0.2) is 4.79 Å². The van der Waals surface area contributed by atoms with Crippen molar-refractivity contribution in [1.29, 1.82) is 0 Å². The molecule has 0 heterocycles. The van der Waals surface area contributed by atoms with Gasteiger partial charge in [0.1, 0.15) is 0 Å². The topological polar surface area (TPSA) is 78.5 Å². The van der Waals surface area contributed by atoms with Gasteiger partial charge < -0.3 is 20.0 Å². The first kappa shape index (κ1) is 15.9. The minimum atomic E-state index is -1.23. The van der Waals surface area contributed by atoms with Crippen LogP contribution in [0.15, 0.2) is 11.8 Å². The maximum atomic E-state index is 10.8. The number of allylic oxidation sites excluding steroid dienone is 1. The molecular formula is C8H12NNaO4. The van der Waals surface area contributed by atoms with Crippen LogP contribution in [0.25, 0.3) is 0 Å². The third-order valence-electron chi connectivity index (χ3n) is 1.13. The zero-order valence-electron chi connectivity index (χ0n) is 8.62. The van der Waals surface area contributed by atoms with Crippen LogP contribution in [-0.2, 0) is 14.3 Å². The number of hydrogen-bond donors (Lipinski definition) is 1. The normalized spacial score (nSPS) is 10.0. The van der Waals surface area contributed by atoms with E-state index >= 15 is 0 Å². The number of esters is 1. The van der Waals surface area contributed by atoms with E-state index in [-0.39, 0.29) is 36.1 Å². The SMILES string of the molecule is CCOC(=O)C=C(C)NCC(=O)[O-].[Na+]. The molecule has 0 saturated carbocycles. The van der Waals surface area contributed by atoms with Gasteiger partial charge in [-0.05, 0) is 13.8 Å². The van der Waals surface area contributed by atoms with Crippen LogP contribution >= 0.6 is 0 Å². The van der Waals surface area contributed by atoms with E-state index in [2.05, 4.69) is 10.1 Å². The van der Waals surface area contributed by atoms with Crippen molar-refractivity contribution in [2.45, 2.75) is 13.8 Å². The Bertz CT molecular complexity index is 227. The fourth-order valence-electron chi connectivity index (χ4n) is 0.623. The molecule has 0 aliphatic carbocycles. The summed E-state index contributed by atoms with van der Waals surface area (Å²) in [5.41, 5.74) is 0.433. The maximum Gasteiger partial charge on any atom is 1.00 e. The summed E-state index contributed by atoms with van der Waals surface area (Å²) in [5.74, 6) is -1.72. The second kappa shape index (κ2) is 9.05. The molecule has 6 heteroatoms. The average molecular weight is 209 g/mol. The summed E-state index contributed by atoms with van der Waals surface area (Å²) in [4.78, 5) is 20.8. The summed E-state index contributed by atoms with van der Waals surface area (Å²) in [6.45, 7) is 3.24. The minimum Gasteiger partial charge on any atom is -0.548 e. The van der Waals surface area contributed by atoms with Crippen LogP contribution in [0.1, 0.15) is 13.8 Å². The van der Waals surface area contributed by atoms with E-state index in [1.54, 1.807) is 13.8 Å². The number of rotatable bonds is 5. The molecule has 0 atom stereocenters. The van der Waals surface area contributed by atoms with Gasteiger partial charge in [0.05, 0.1) is 19.1 Å². The molecule has 0 bridgehead atoms. The fraction of sp³-hybridized carbons (Fsp3) is 0.500. The van der Waals surface area contributed by atoms with Gasteiger partial charge >= 0.3 is 35.5 Å². The molecule has 0 aliphatic heterocycles. The number of ether oxygens (including phenoxy) is 1. The Kier molecular flexibility index (Phi) is 10.3. The fourth-order valence-corrected chi connectivity index (χ4v) is 0.623. The zero-order chi connectivity index (χ0) is 10.3. The van der Waals surface area contributed by atoms with Gasteiger partial charge in [0.2, 0.25) is 0 Å². The third kappa shape index (κ3) is 9.57. The molecule has 0 fully saturated rings. The first-order valence-electron chi connectivity index (χ1n) is 3.85. The Labute approximate surface area is 105 Å². The second-order valence-corrected chi connectivity index (χ2v) is 2.30. The van der Waals surface area contributed by atoms with E-state index < -0.39 is 11.9 Å². The number of nitrogens with one attached hydrogen (secondary N) is 1. The van der Waals surface area contributed by atoms with Crippen molar-refractivity contribution >= 4 is 11.9 Å². The molecule has 0 amide bonds. The molecule has 0 aliphatic rings. The van der Waals surface area contributed by atoms with E-state index in [0.717, 1.165) is 0 Å². The van der Waals surface area contributed by atoms with Crippen molar-refractivity contribution in [2.75, 3.05) is 13.2 Å². The minimum absolute atomic E-state index is 0. The van der Waals surface area contributed by atoms with E-state index in [1.165, 1.54) is 6.08 Å². The predicted octanol–water partition coefficient (Wildman–Crippen LogP) is -4.20.